The summed E-state index contributed by atoms with van der Waals surface area (Å²) in [4.78, 5) is 11.3. The smallest absolute Gasteiger partial charge is 0.333 e. The van der Waals surface area contributed by atoms with Gasteiger partial charge < -0.3 is 15.5 Å². The van der Waals surface area contributed by atoms with Gasteiger partial charge in [0.05, 0.1) is 11.0 Å². The molecule has 4 nitrogen and oxygen atoms in total. The molecule has 0 bridgehead atoms. The maximum Gasteiger partial charge on any atom is 0.333 e. The summed E-state index contributed by atoms with van der Waals surface area (Å²) >= 11 is 5.96. The maximum atomic E-state index is 11.3. The Bertz CT molecular complexity index is 453. The minimum absolute atomic E-state index is 0.0289. The van der Waals surface area contributed by atoms with Crippen LogP contribution in [-0.4, -0.2) is 27.8 Å². The summed E-state index contributed by atoms with van der Waals surface area (Å²) in [6.45, 7) is 1.68. The van der Waals surface area contributed by atoms with Crippen molar-refractivity contribution in [1.82, 2.24) is 5.32 Å². The summed E-state index contributed by atoms with van der Waals surface area (Å²) in [6.07, 6.45) is 6.03. The van der Waals surface area contributed by atoms with Crippen molar-refractivity contribution in [3.63, 3.8) is 0 Å². The number of hydrogen-bond acceptors (Lipinski definition) is 3. The molecule has 0 fully saturated rings. The van der Waals surface area contributed by atoms with Gasteiger partial charge in [0, 0.05) is 18.0 Å². The predicted molar refractivity (Wildman–Crippen MR) is 69.1 cm³/mol. The fourth-order valence-corrected chi connectivity index (χ4v) is 2.63. The van der Waals surface area contributed by atoms with E-state index >= 15 is 0 Å². The molecule has 3 N–H and O–H groups in total. The zero-order chi connectivity index (χ0) is 13.3. The summed E-state index contributed by atoms with van der Waals surface area (Å²) in [7, 11) is 0. The van der Waals surface area contributed by atoms with E-state index < -0.39 is 12.2 Å². The second-order valence-electron chi connectivity index (χ2n) is 4.61. The fraction of sp³-hybridized carbons (Fsp3) is 0.462. The quantitative estimate of drug-likeness (QED) is 0.668. The van der Waals surface area contributed by atoms with Gasteiger partial charge in [-0.05, 0) is 18.9 Å². The van der Waals surface area contributed by atoms with Gasteiger partial charge in [-0.3, -0.25) is 0 Å². The van der Waals surface area contributed by atoms with Gasteiger partial charge in [-0.2, -0.15) is 0 Å². The molecular formula is C13H16ClNO3. The van der Waals surface area contributed by atoms with Crippen molar-refractivity contribution in [2.45, 2.75) is 31.4 Å². The lowest BCUT2D eigenvalue weighted by molar-refractivity contribution is -0.133. The summed E-state index contributed by atoms with van der Waals surface area (Å²) < 4.78 is 0. The third-order valence-electron chi connectivity index (χ3n) is 3.30. The van der Waals surface area contributed by atoms with E-state index in [9.17, 15) is 15.0 Å². The summed E-state index contributed by atoms with van der Waals surface area (Å²) in [6, 6.07) is 0. The number of carbonyl (C=O) groups is 1. The number of alkyl halides is 1. The van der Waals surface area contributed by atoms with E-state index in [4.69, 9.17) is 11.6 Å². The van der Waals surface area contributed by atoms with Crippen LogP contribution in [0.1, 0.15) is 19.8 Å². The van der Waals surface area contributed by atoms with Crippen LogP contribution in [0.25, 0.3) is 0 Å². The lowest BCUT2D eigenvalue weighted by atomic mass is 9.82. The van der Waals surface area contributed by atoms with Crippen molar-refractivity contribution < 1.29 is 15.0 Å². The van der Waals surface area contributed by atoms with Crippen LogP contribution in [0.4, 0.5) is 0 Å². The number of aliphatic hydroxyl groups is 1. The number of rotatable bonds is 2. The number of nitrogens with one attached hydrogen (secondary N) is 1. The van der Waals surface area contributed by atoms with Gasteiger partial charge >= 0.3 is 5.97 Å². The summed E-state index contributed by atoms with van der Waals surface area (Å²) in [5.41, 5.74) is 1.77. The van der Waals surface area contributed by atoms with E-state index in [1.165, 1.54) is 0 Å². The zero-order valence-corrected chi connectivity index (χ0v) is 10.8. The van der Waals surface area contributed by atoms with Crippen molar-refractivity contribution in [3.05, 3.63) is 35.1 Å². The molecule has 1 heterocycles. The van der Waals surface area contributed by atoms with Crippen molar-refractivity contribution in [1.29, 1.82) is 0 Å². The number of aliphatic hydroxyl groups excluding tert-OH is 1. The SMILES string of the molecule is CC1=C(C(=O)O)C(C2=CCC(Cl)C=C2)CC(O)N1. The Kier molecular flexibility index (Phi) is 3.78. The van der Waals surface area contributed by atoms with E-state index in [1.807, 2.05) is 18.2 Å². The number of halogens is 1. The average molecular weight is 270 g/mol. The molecule has 18 heavy (non-hydrogen) atoms. The largest absolute Gasteiger partial charge is 0.478 e. The van der Waals surface area contributed by atoms with Crippen molar-refractivity contribution in [2.24, 2.45) is 5.92 Å². The number of hydrogen-bond donors (Lipinski definition) is 3. The lowest BCUT2D eigenvalue weighted by Crippen LogP contribution is -2.38. The molecule has 0 saturated heterocycles. The highest BCUT2D eigenvalue weighted by Crippen LogP contribution is 2.33. The lowest BCUT2D eigenvalue weighted by Gasteiger charge is -2.31. The molecule has 0 amide bonds. The third-order valence-corrected chi connectivity index (χ3v) is 3.63. The molecule has 2 aliphatic rings. The molecule has 3 atom stereocenters. The maximum absolute atomic E-state index is 11.3. The van der Waals surface area contributed by atoms with Gasteiger partial charge in [-0.15, -0.1) is 11.6 Å². The third kappa shape index (κ3) is 2.60. The van der Waals surface area contributed by atoms with Crippen LogP contribution in [0, 0.1) is 5.92 Å². The van der Waals surface area contributed by atoms with Crippen LogP contribution in [0.3, 0.4) is 0 Å². The highest BCUT2D eigenvalue weighted by Gasteiger charge is 2.32. The van der Waals surface area contributed by atoms with Crippen molar-refractivity contribution >= 4 is 17.6 Å². The second-order valence-corrected chi connectivity index (χ2v) is 5.17. The van der Waals surface area contributed by atoms with Gasteiger partial charge in [-0.1, -0.05) is 18.2 Å². The van der Waals surface area contributed by atoms with Gasteiger partial charge in [-0.25, -0.2) is 4.79 Å². The highest BCUT2D eigenvalue weighted by atomic mass is 35.5. The van der Waals surface area contributed by atoms with Crippen LogP contribution < -0.4 is 5.32 Å². The summed E-state index contributed by atoms with van der Waals surface area (Å²) in [5, 5.41) is 21.7. The van der Waals surface area contributed by atoms with Crippen LogP contribution in [-0.2, 0) is 4.79 Å². The predicted octanol–water partition coefficient (Wildman–Crippen LogP) is 1.77. The zero-order valence-electron chi connectivity index (χ0n) is 10.1. The number of aliphatic carboxylic acids is 1. The van der Waals surface area contributed by atoms with Crippen LogP contribution in [0.15, 0.2) is 35.1 Å². The molecule has 0 aromatic rings. The minimum atomic E-state index is -0.945. The molecule has 5 heteroatoms. The Hall–Kier alpha value is -1.26. The molecule has 0 spiro atoms. The molecule has 1 aliphatic carbocycles. The molecule has 3 unspecified atom stereocenters. The molecule has 2 rings (SSSR count). The van der Waals surface area contributed by atoms with E-state index in [0.717, 1.165) is 5.57 Å². The molecule has 0 aromatic heterocycles. The van der Waals surface area contributed by atoms with Gasteiger partial charge in [0.1, 0.15) is 6.23 Å². The number of carboxylic acid groups (broad SMARTS) is 1. The van der Waals surface area contributed by atoms with Crippen LogP contribution in [0.2, 0.25) is 0 Å². The first-order valence-electron chi connectivity index (χ1n) is 5.90. The Morgan fingerprint density at radius 2 is 2.28 bits per heavy atom. The topological polar surface area (TPSA) is 69.6 Å². The van der Waals surface area contributed by atoms with Crippen molar-refractivity contribution in [2.75, 3.05) is 0 Å². The summed E-state index contributed by atoms with van der Waals surface area (Å²) in [5.74, 6) is -1.22. The average Bonchev–Trinajstić information content (AvgIpc) is 2.28. The van der Waals surface area contributed by atoms with Gasteiger partial charge in [0.15, 0.2) is 0 Å². The van der Waals surface area contributed by atoms with E-state index in [0.29, 0.717) is 24.1 Å². The van der Waals surface area contributed by atoms with E-state index in [-0.39, 0.29) is 11.3 Å². The molecule has 98 valence electrons. The molecule has 0 aromatic carbocycles. The first kappa shape index (κ1) is 13.2. The first-order chi connectivity index (χ1) is 8.49. The number of carboxylic acids is 1. The van der Waals surface area contributed by atoms with Gasteiger partial charge in [0.25, 0.3) is 0 Å². The second kappa shape index (κ2) is 5.16. The van der Waals surface area contributed by atoms with Crippen LogP contribution >= 0.6 is 11.6 Å². The standard InChI is InChI=1S/C13H16ClNO3/c1-7-12(13(17)18)10(6-11(16)15-7)8-2-4-9(14)5-3-8/h2-4,9-11,15-16H,5-6H2,1H3,(H,17,18). The molecule has 0 radical (unpaired) electrons. The van der Waals surface area contributed by atoms with Gasteiger partial charge in [0.2, 0.25) is 0 Å². The minimum Gasteiger partial charge on any atom is -0.478 e. The van der Waals surface area contributed by atoms with E-state index in [1.54, 1.807) is 6.92 Å². The Morgan fingerprint density at radius 1 is 1.56 bits per heavy atom. The van der Waals surface area contributed by atoms with E-state index in [2.05, 4.69) is 5.32 Å². The normalized spacial score (nSPS) is 31.9. The monoisotopic (exact) mass is 269 g/mol. The van der Waals surface area contributed by atoms with Crippen LogP contribution in [0.5, 0.6) is 0 Å². The molecular weight excluding hydrogens is 254 g/mol. The highest BCUT2D eigenvalue weighted by molar-refractivity contribution is 6.22. The Morgan fingerprint density at radius 3 is 2.83 bits per heavy atom. The Labute approximate surface area is 111 Å². The fourth-order valence-electron chi connectivity index (χ4n) is 2.47. The Balaban J connectivity index is 2.33. The van der Waals surface area contributed by atoms with Crippen molar-refractivity contribution in [3.8, 4) is 0 Å². The number of allylic oxidation sites excluding steroid dienone is 5. The molecule has 1 aliphatic heterocycles. The molecule has 0 saturated carbocycles. The first-order valence-corrected chi connectivity index (χ1v) is 6.33.